The van der Waals surface area contributed by atoms with E-state index < -0.39 is 12.1 Å². The fourth-order valence-corrected chi connectivity index (χ4v) is 9.85. The average Bonchev–Trinajstić information content (AvgIpc) is 3.13. The van der Waals surface area contributed by atoms with Crippen molar-refractivity contribution in [2.45, 2.75) is 99.0 Å². The molecule has 4 aliphatic rings. The molecule has 4 heteroatoms. The number of aliphatic hydroxyl groups excluding tert-OH is 1. The molecule has 0 aromatic rings. The first kappa shape index (κ1) is 26.4. The zero-order chi connectivity index (χ0) is 26.1. The van der Waals surface area contributed by atoms with Crippen molar-refractivity contribution in [3.63, 3.8) is 0 Å². The number of hydrogen-bond donors (Lipinski definition) is 2. The molecule has 194 valence electrons. The Labute approximate surface area is 212 Å². The number of Topliss-reactive ketones (excluding diaryl/α,β-unsaturated/α-hetero) is 1. The van der Waals surface area contributed by atoms with Crippen LogP contribution in [-0.4, -0.2) is 28.1 Å². The lowest BCUT2D eigenvalue weighted by Crippen LogP contribution is -2.63. The molecule has 4 rings (SSSR count). The molecule has 0 radical (unpaired) electrons. The molecule has 4 aliphatic carbocycles. The van der Waals surface area contributed by atoms with E-state index in [1.165, 1.54) is 19.4 Å². The van der Waals surface area contributed by atoms with Crippen LogP contribution in [0.25, 0.3) is 0 Å². The second-order valence-corrected chi connectivity index (χ2v) is 13.6. The molecule has 1 unspecified atom stereocenters. The van der Waals surface area contributed by atoms with Gasteiger partial charge in [-0.05, 0) is 109 Å². The van der Waals surface area contributed by atoms with E-state index >= 15 is 0 Å². The van der Waals surface area contributed by atoms with Gasteiger partial charge in [0, 0.05) is 17.4 Å². The first-order valence-electron chi connectivity index (χ1n) is 13.6. The molecule has 0 bridgehead atoms. The second kappa shape index (κ2) is 8.43. The number of carboxylic acids is 1. The summed E-state index contributed by atoms with van der Waals surface area (Å²) in [5, 5.41) is 20.3. The highest BCUT2D eigenvalue weighted by atomic mass is 16.4. The number of fused-ring (bicyclic) bond motifs is 5. The first-order chi connectivity index (χ1) is 16.1. The molecular weight excluding hydrogens is 436 g/mol. The van der Waals surface area contributed by atoms with Crippen LogP contribution in [0.3, 0.4) is 0 Å². The van der Waals surface area contributed by atoms with Crippen LogP contribution in [0.15, 0.2) is 36.0 Å². The van der Waals surface area contributed by atoms with E-state index in [0.717, 1.165) is 44.1 Å². The van der Waals surface area contributed by atoms with Crippen molar-refractivity contribution in [2.75, 3.05) is 0 Å². The molecule has 8 atom stereocenters. The minimum absolute atomic E-state index is 0.164. The smallest absolute Gasteiger partial charge is 0.331 e. The molecule has 0 heterocycles. The summed E-state index contributed by atoms with van der Waals surface area (Å²) in [4.78, 5) is 24.1. The van der Waals surface area contributed by atoms with E-state index in [-0.39, 0.29) is 33.2 Å². The number of aliphatic hydroxyl groups is 1. The third-order valence-corrected chi connectivity index (χ3v) is 12.1. The summed E-state index contributed by atoms with van der Waals surface area (Å²) in [5.41, 5.74) is 1.70. The van der Waals surface area contributed by atoms with Gasteiger partial charge >= 0.3 is 5.97 Å². The van der Waals surface area contributed by atoms with Gasteiger partial charge in [-0.3, -0.25) is 4.79 Å². The number of carbonyl (C=O) groups is 2. The van der Waals surface area contributed by atoms with Crippen molar-refractivity contribution in [3.05, 3.63) is 36.0 Å². The minimum atomic E-state index is -1.000. The molecule has 35 heavy (non-hydrogen) atoms. The molecule has 0 spiro atoms. The summed E-state index contributed by atoms with van der Waals surface area (Å²) in [6.45, 7) is 21.7. The van der Waals surface area contributed by atoms with Gasteiger partial charge in [0.2, 0.25) is 0 Å². The van der Waals surface area contributed by atoms with Gasteiger partial charge in [0.15, 0.2) is 0 Å². The Morgan fingerprint density at radius 3 is 2.23 bits per heavy atom. The Balaban J connectivity index is 1.60. The fraction of sp³-hybridized carbons (Fsp3) is 0.742. The molecule has 0 aliphatic heterocycles. The van der Waals surface area contributed by atoms with Crippen molar-refractivity contribution < 1.29 is 19.8 Å². The van der Waals surface area contributed by atoms with Crippen LogP contribution in [0.5, 0.6) is 0 Å². The lowest BCUT2D eigenvalue weighted by Gasteiger charge is -2.69. The number of rotatable bonds is 5. The molecule has 0 aromatic carbocycles. The predicted octanol–water partition coefficient (Wildman–Crippen LogP) is 6.74. The zero-order valence-corrected chi connectivity index (χ0v) is 22.7. The highest BCUT2D eigenvalue weighted by molar-refractivity contribution is 5.86. The highest BCUT2D eigenvalue weighted by Crippen LogP contribution is 2.75. The molecule has 0 amide bonds. The van der Waals surface area contributed by atoms with Gasteiger partial charge in [-0.25, -0.2) is 4.79 Å². The van der Waals surface area contributed by atoms with Crippen molar-refractivity contribution in [1.29, 1.82) is 0 Å². The van der Waals surface area contributed by atoms with Crippen molar-refractivity contribution >= 4 is 11.8 Å². The summed E-state index contributed by atoms with van der Waals surface area (Å²) in [5.74, 6) is 1.19. The maximum atomic E-state index is 12.9. The maximum absolute atomic E-state index is 12.9. The van der Waals surface area contributed by atoms with Gasteiger partial charge in [-0.15, -0.1) is 0 Å². The number of ketones is 1. The Morgan fingerprint density at radius 2 is 1.60 bits per heavy atom. The van der Waals surface area contributed by atoms with Gasteiger partial charge in [0.25, 0.3) is 0 Å². The number of aliphatic carboxylic acids is 1. The van der Waals surface area contributed by atoms with Crippen LogP contribution in [0.2, 0.25) is 0 Å². The Bertz CT molecular complexity index is 988. The van der Waals surface area contributed by atoms with Gasteiger partial charge in [0.1, 0.15) is 5.78 Å². The SMILES string of the molecule is C=C(/C=C(\C)C(=O)O)C(O)C(=C)[C@H]1CC[C@]2(C)[C@@H]1CC[C@@H]1[C@@]3(C)CCC(=O)C(C)(C)[C@@H]3CC[C@]12C. The lowest BCUT2D eigenvalue weighted by molar-refractivity contribution is -0.201. The maximum Gasteiger partial charge on any atom is 0.331 e. The number of hydrogen-bond acceptors (Lipinski definition) is 3. The van der Waals surface area contributed by atoms with E-state index in [2.05, 4.69) is 47.8 Å². The van der Waals surface area contributed by atoms with Gasteiger partial charge in [-0.1, -0.05) is 47.8 Å². The molecule has 0 aromatic heterocycles. The highest BCUT2D eigenvalue weighted by Gasteiger charge is 2.68. The van der Waals surface area contributed by atoms with E-state index in [4.69, 9.17) is 0 Å². The molecule has 4 fully saturated rings. The van der Waals surface area contributed by atoms with Crippen LogP contribution >= 0.6 is 0 Å². The summed E-state index contributed by atoms with van der Waals surface area (Å²) < 4.78 is 0. The van der Waals surface area contributed by atoms with E-state index in [9.17, 15) is 19.8 Å². The van der Waals surface area contributed by atoms with Crippen LogP contribution < -0.4 is 0 Å². The van der Waals surface area contributed by atoms with Crippen molar-refractivity contribution in [2.24, 2.45) is 45.3 Å². The normalized spacial score (nSPS) is 43.5. The minimum Gasteiger partial charge on any atom is -0.478 e. The van der Waals surface area contributed by atoms with Gasteiger partial charge < -0.3 is 10.2 Å². The Morgan fingerprint density at radius 1 is 0.971 bits per heavy atom. The van der Waals surface area contributed by atoms with Crippen LogP contribution in [0, 0.1) is 45.3 Å². The summed E-state index contributed by atoms with van der Waals surface area (Å²) >= 11 is 0. The zero-order valence-electron chi connectivity index (χ0n) is 22.7. The third-order valence-electron chi connectivity index (χ3n) is 12.1. The van der Waals surface area contributed by atoms with Crippen molar-refractivity contribution in [3.8, 4) is 0 Å². The molecule has 4 nitrogen and oxygen atoms in total. The molecular formula is C31H46O4. The topological polar surface area (TPSA) is 74.6 Å². The number of carbonyl (C=O) groups excluding carboxylic acids is 1. The number of carboxylic acid groups (broad SMARTS) is 1. The first-order valence-corrected chi connectivity index (χ1v) is 13.6. The van der Waals surface area contributed by atoms with Crippen LogP contribution in [0.1, 0.15) is 92.9 Å². The molecule has 0 saturated heterocycles. The van der Waals surface area contributed by atoms with Gasteiger partial charge in [0.05, 0.1) is 6.10 Å². The largest absolute Gasteiger partial charge is 0.478 e. The third kappa shape index (κ3) is 3.64. The van der Waals surface area contributed by atoms with Crippen LogP contribution in [0.4, 0.5) is 0 Å². The Hall–Kier alpha value is -1.68. The molecule has 4 saturated carbocycles. The monoisotopic (exact) mass is 482 g/mol. The Kier molecular flexibility index (Phi) is 6.36. The standard InChI is InChI=1S/C31H46O4/c1-18(17-19(2)27(34)35)26(33)20(3)21-11-15-30(7)22(21)9-10-24-29(6)14-13-25(32)28(4,5)23(29)12-16-31(24,30)8/h17,21-24,26,33H,1,3,9-16H2,2,4-8H3,(H,34,35)/b19-17+/t21-,22-,23+,24-,26?,29+,30-,31-/m1/s1. The van der Waals surface area contributed by atoms with Crippen LogP contribution in [-0.2, 0) is 9.59 Å². The quantitative estimate of drug-likeness (QED) is 0.258. The predicted molar refractivity (Wildman–Crippen MR) is 140 cm³/mol. The van der Waals surface area contributed by atoms with Gasteiger partial charge in [-0.2, -0.15) is 0 Å². The molecule has 2 N–H and O–H groups in total. The summed E-state index contributed by atoms with van der Waals surface area (Å²) in [6.07, 6.45) is 9.01. The van der Waals surface area contributed by atoms with E-state index in [0.29, 0.717) is 35.5 Å². The summed E-state index contributed by atoms with van der Waals surface area (Å²) in [7, 11) is 0. The van der Waals surface area contributed by atoms with Crippen molar-refractivity contribution in [1.82, 2.24) is 0 Å². The van der Waals surface area contributed by atoms with E-state index in [1.807, 2.05) is 0 Å². The summed E-state index contributed by atoms with van der Waals surface area (Å²) in [6, 6.07) is 0. The lowest BCUT2D eigenvalue weighted by atomic mass is 9.35. The average molecular weight is 483 g/mol. The second-order valence-electron chi connectivity index (χ2n) is 13.6. The fourth-order valence-electron chi connectivity index (χ4n) is 9.85. The van der Waals surface area contributed by atoms with E-state index in [1.54, 1.807) is 0 Å².